The molecule has 3 aliphatic rings. The molecule has 2 aromatic rings. The molecular weight excluding hydrogens is 244 g/mol. The molecular formula is C19H18O. The second-order valence-corrected chi connectivity index (χ2v) is 6.94. The number of carbonyl (C=O) groups is 1. The van der Waals surface area contributed by atoms with Gasteiger partial charge in [-0.1, -0.05) is 36.4 Å². The zero-order valence-corrected chi connectivity index (χ0v) is 11.5. The van der Waals surface area contributed by atoms with Crippen molar-refractivity contribution < 1.29 is 4.79 Å². The molecule has 0 aromatic heterocycles. The molecule has 0 saturated heterocycles. The van der Waals surface area contributed by atoms with Crippen LogP contribution >= 0.6 is 0 Å². The van der Waals surface area contributed by atoms with Crippen LogP contribution in [-0.2, 0) is 0 Å². The van der Waals surface area contributed by atoms with Gasteiger partial charge < -0.3 is 0 Å². The topological polar surface area (TPSA) is 17.1 Å². The fourth-order valence-electron chi connectivity index (χ4n) is 5.21. The molecule has 5 rings (SSSR count). The molecule has 3 fully saturated rings. The van der Waals surface area contributed by atoms with Crippen LogP contribution in [-0.4, -0.2) is 5.78 Å². The van der Waals surface area contributed by atoms with Crippen molar-refractivity contribution in [1.82, 2.24) is 0 Å². The maximum Gasteiger partial charge on any atom is 0.166 e. The Morgan fingerprint density at radius 1 is 0.900 bits per heavy atom. The van der Waals surface area contributed by atoms with E-state index in [1.54, 1.807) is 0 Å². The van der Waals surface area contributed by atoms with Crippen molar-refractivity contribution >= 4 is 16.6 Å². The highest BCUT2D eigenvalue weighted by Gasteiger charge is 2.67. The Morgan fingerprint density at radius 2 is 1.60 bits per heavy atom. The maximum atomic E-state index is 12.8. The van der Waals surface area contributed by atoms with Crippen LogP contribution in [0.2, 0.25) is 0 Å². The standard InChI is InChI=1S/C19H18O/c20-19(18-16-13-6-7-14(10-13)17(16)18)15-8-5-11-3-1-2-4-12(11)9-15/h1-5,8-9,13-14,16-18H,6-7,10H2. The van der Waals surface area contributed by atoms with E-state index >= 15 is 0 Å². The van der Waals surface area contributed by atoms with Crippen LogP contribution in [0.25, 0.3) is 10.8 Å². The van der Waals surface area contributed by atoms with E-state index in [-0.39, 0.29) is 0 Å². The van der Waals surface area contributed by atoms with E-state index in [9.17, 15) is 4.79 Å². The number of rotatable bonds is 2. The van der Waals surface area contributed by atoms with Crippen molar-refractivity contribution in [2.75, 3.05) is 0 Å². The van der Waals surface area contributed by atoms with Gasteiger partial charge in [-0.25, -0.2) is 0 Å². The third-order valence-corrected chi connectivity index (χ3v) is 6.07. The predicted octanol–water partition coefficient (Wildman–Crippen LogP) is 4.31. The minimum atomic E-state index is 0.363. The van der Waals surface area contributed by atoms with Gasteiger partial charge in [-0.3, -0.25) is 4.79 Å². The summed E-state index contributed by atoms with van der Waals surface area (Å²) >= 11 is 0. The fraction of sp³-hybridized carbons (Fsp3) is 0.421. The second-order valence-electron chi connectivity index (χ2n) is 6.94. The average molecular weight is 262 g/mol. The molecule has 20 heavy (non-hydrogen) atoms. The van der Waals surface area contributed by atoms with E-state index in [0.717, 1.165) is 29.2 Å². The van der Waals surface area contributed by atoms with Gasteiger partial charge in [0.15, 0.2) is 5.78 Å². The number of benzene rings is 2. The largest absolute Gasteiger partial charge is 0.294 e. The number of hydrogen-bond acceptors (Lipinski definition) is 1. The van der Waals surface area contributed by atoms with Gasteiger partial charge in [-0.15, -0.1) is 0 Å². The molecule has 2 bridgehead atoms. The summed E-state index contributed by atoms with van der Waals surface area (Å²) in [5.74, 6) is 4.02. The van der Waals surface area contributed by atoms with Crippen molar-refractivity contribution in [2.24, 2.45) is 29.6 Å². The third kappa shape index (κ3) is 1.36. The van der Waals surface area contributed by atoms with E-state index in [2.05, 4.69) is 24.3 Å². The van der Waals surface area contributed by atoms with Crippen molar-refractivity contribution in [2.45, 2.75) is 19.3 Å². The molecule has 2 aromatic carbocycles. The minimum absolute atomic E-state index is 0.363. The lowest BCUT2D eigenvalue weighted by Crippen LogP contribution is -2.10. The smallest absolute Gasteiger partial charge is 0.166 e. The van der Waals surface area contributed by atoms with Gasteiger partial charge in [0, 0.05) is 11.5 Å². The fourth-order valence-corrected chi connectivity index (χ4v) is 5.21. The van der Waals surface area contributed by atoms with Gasteiger partial charge in [-0.2, -0.15) is 0 Å². The number of ketones is 1. The summed E-state index contributed by atoms with van der Waals surface area (Å²) in [4.78, 5) is 12.8. The van der Waals surface area contributed by atoms with Crippen LogP contribution in [0.3, 0.4) is 0 Å². The van der Waals surface area contributed by atoms with Gasteiger partial charge in [0.2, 0.25) is 0 Å². The molecule has 1 heteroatoms. The lowest BCUT2D eigenvalue weighted by Gasteiger charge is -2.08. The molecule has 1 nitrogen and oxygen atoms in total. The van der Waals surface area contributed by atoms with E-state index in [1.807, 2.05) is 18.2 Å². The SMILES string of the molecule is O=C(c1ccc2ccccc2c1)C1C2C3CCC(C3)C12. The first-order valence-corrected chi connectivity index (χ1v) is 7.86. The molecule has 4 atom stereocenters. The lowest BCUT2D eigenvalue weighted by molar-refractivity contribution is 0.0944. The molecule has 3 aliphatic carbocycles. The van der Waals surface area contributed by atoms with Crippen LogP contribution in [0.15, 0.2) is 42.5 Å². The average Bonchev–Trinajstić information content (AvgIpc) is 2.93. The molecule has 0 spiro atoms. The molecule has 4 unspecified atom stereocenters. The van der Waals surface area contributed by atoms with Gasteiger partial charge in [0.1, 0.15) is 0 Å². The Morgan fingerprint density at radius 3 is 2.35 bits per heavy atom. The van der Waals surface area contributed by atoms with Gasteiger partial charge >= 0.3 is 0 Å². The molecule has 100 valence electrons. The van der Waals surface area contributed by atoms with Crippen LogP contribution < -0.4 is 0 Å². The summed E-state index contributed by atoms with van der Waals surface area (Å²) in [6.45, 7) is 0. The summed E-state index contributed by atoms with van der Waals surface area (Å²) < 4.78 is 0. The molecule has 0 radical (unpaired) electrons. The van der Waals surface area contributed by atoms with Gasteiger partial charge in [0.05, 0.1) is 0 Å². The van der Waals surface area contributed by atoms with E-state index in [0.29, 0.717) is 11.7 Å². The number of carbonyl (C=O) groups excluding carboxylic acids is 1. The van der Waals surface area contributed by atoms with E-state index in [4.69, 9.17) is 0 Å². The summed E-state index contributed by atoms with van der Waals surface area (Å²) in [6, 6.07) is 14.5. The summed E-state index contributed by atoms with van der Waals surface area (Å²) in [5, 5.41) is 2.41. The number of fused-ring (bicyclic) bond motifs is 6. The summed E-state index contributed by atoms with van der Waals surface area (Å²) in [6.07, 6.45) is 4.18. The zero-order valence-electron chi connectivity index (χ0n) is 11.5. The number of Topliss-reactive ketones (excluding diaryl/α,β-unsaturated/α-hetero) is 1. The quantitative estimate of drug-likeness (QED) is 0.737. The molecule has 0 N–H and O–H groups in total. The molecule has 0 heterocycles. The monoisotopic (exact) mass is 262 g/mol. The predicted molar refractivity (Wildman–Crippen MR) is 79.6 cm³/mol. The maximum absolute atomic E-state index is 12.8. The minimum Gasteiger partial charge on any atom is -0.294 e. The number of hydrogen-bond donors (Lipinski definition) is 0. The van der Waals surface area contributed by atoms with Crippen molar-refractivity contribution in [3.8, 4) is 0 Å². The van der Waals surface area contributed by atoms with Crippen LogP contribution in [0.4, 0.5) is 0 Å². The first-order chi connectivity index (χ1) is 9.83. The van der Waals surface area contributed by atoms with Gasteiger partial charge in [0.25, 0.3) is 0 Å². The zero-order chi connectivity index (χ0) is 13.3. The summed E-state index contributed by atoms with van der Waals surface area (Å²) in [5.41, 5.74) is 0.933. The lowest BCUT2D eigenvalue weighted by atomic mass is 9.95. The van der Waals surface area contributed by atoms with Gasteiger partial charge in [-0.05, 0) is 59.8 Å². The first kappa shape index (κ1) is 11.1. The van der Waals surface area contributed by atoms with Crippen LogP contribution in [0, 0.1) is 29.6 Å². The van der Waals surface area contributed by atoms with Crippen molar-refractivity contribution in [1.29, 1.82) is 0 Å². The Balaban J connectivity index is 1.49. The van der Waals surface area contributed by atoms with E-state index < -0.39 is 0 Å². The van der Waals surface area contributed by atoms with Crippen LogP contribution in [0.5, 0.6) is 0 Å². The second kappa shape index (κ2) is 3.72. The Bertz CT molecular complexity index is 701. The Kier molecular flexibility index (Phi) is 2.06. The highest BCUT2D eigenvalue weighted by Crippen LogP contribution is 2.69. The molecule has 0 amide bonds. The summed E-state index contributed by atoms with van der Waals surface area (Å²) in [7, 11) is 0. The van der Waals surface area contributed by atoms with Crippen molar-refractivity contribution in [3.63, 3.8) is 0 Å². The Hall–Kier alpha value is -1.63. The highest BCUT2D eigenvalue weighted by molar-refractivity contribution is 6.03. The Labute approximate surface area is 119 Å². The third-order valence-electron chi connectivity index (χ3n) is 6.07. The molecule has 0 aliphatic heterocycles. The first-order valence-electron chi connectivity index (χ1n) is 7.86. The highest BCUT2D eigenvalue weighted by atomic mass is 16.1. The normalized spacial score (nSPS) is 37.1. The van der Waals surface area contributed by atoms with Crippen molar-refractivity contribution in [3.05, 3.63) is 48.0 Å². The van der Waals surface area contributed by atoms with E-state index in [1.165, 1.54) is 30.0 Å². The van der Waals surface area contributed by atoms with Crippen LogP contribution in [0.1, 0.15) is 29.6 Å². The molecule has 3 saturated carbocycles.